The quantitative estimate of drug-likeness (QED) is 0.771. The number of benzene rings is 1. The van der Waals surface area contributed by atoms with E-state index in [0.717, 1.165) is 12.8 Å². The van der Waals surface area contributed by atoms with Crippen LogP contribution in [0.3, 0.4) is 0 Å². The second-order valence-corrected chi connectivity index (χ2v) is 6.35. The molecule has 0 aliphatic carbocycles. The molecule has 1 fully saturated rings. The maximum atomic E-state index is 12.0. The third-order valence-corrected chi connectivity index (χ3v) is 4.32. The van der Waals surface area contributed by atoms with E-state index in [4.69, 9.17) is 0 Å². The zero-order chi connectivity index (χ0) is 17.5. The largest absolute Gasteiger partial charge is 0.338 e. The van der Waals surface area contributed by atoms with Crippen LogP contribution in [0.5, 0.6) is 0 Å². The van der Waals surface area contributed by atoms with Crippen LogP contribution in [0, 0.1) is 13.8 Å². The molecule has 1 aliphatic heterocycles. The van der Waals surface area contributed by atoms with E-state index in [1.54, 1.807) is 4.90 Å². The molecule has 6 heteroatoms. The van der Waals surface area contributed by atoms with Gasteiger partial charge in [-0.2, -0.15) is 0 Å². The molecule has 1 aromatic carbocycles. The Kier molecular flexibility index (Phi) is 6.46. The number of nitrogens with zero attached hydrogens (tertiary/aromatic N) is 1. The van der Waals surface area contributed by atoms with Crippen LogP contribution >= 0.6 is 0 Å². The Labute approximate surface area is 144 Å². The Morgan fingerprint density at radius 1 is 1.25 bits per heavy atom. The maximum Gasteiger partial charge on any atom is 0.317 e. The molecule has 1 atom stereocenters. The molecule has 24 heavy (non-hydrogen) atoms. The number of rotatable bonds is 5. The number of nitrogens with one attached hydrogen (secondary N) is 3. The van der Waals surface area contributed by atoms with Gasteiger partial charge in [0.1, 0.15) is 0 Å². The minimum absolute atomic E-state index is 0.0220. The predicted octanol–water partition coefficient (Wildman–Crippen LogP) is 1.95. The van der Waals surface area contributed by atoms with Crippen LogP contribution < -0.4 is 16.0 Å². The summed E-state index contributed by atoms with van der Waals surface area (Å²) in [5, 5.41) is 8.63. The van der Waals surface area contributed by atoms with Gasteiger partial charge in [-0.1, -0.05) is 23.8 Å². The fraction of sp³-hybridized carbons (Fsp3) is 0.556. The van der Waals surface area contributed by atoms with Gasteiger partial charge in [0.2, 0.25) is 0 Å². The van der Waals surface area contributed by atoms with E-state index in [1.165, 1.54) is 16.7 Å². The molecule has 1 heterocycles. The van der Waals surface area contributed by atoms with Crippen LogP contribution in [-0.2, 0) is 6.42 Å². The number of urea groups is 2. The van der Waals surface area contributed by atoms with Gasteiger partial charge in [-0.25, -0.2) is 9.59 Å². The van der Waals surface area contributed by atoms with E-state index in [9.17, 15) is 9.59 Å². The van der Waals surface area contributed by atoms with Gasteiger partial charge in [0, 0.05) is 32.2 Å². The molecule has 2 rings (SSSR count). The first-order valence-corrected chi connectivity index (χ1v) is 8.63. The summed E-state index contributed by atoms with van der Waals surface area (Å²) in [5.41, 5.74) is 3.76. The van der Waals surface area contributed by atoms with Crippen molar-refractivity contribution in [3.63, 3.8) is 0 Å². The summed E-state index contributed by atoms with van der Waals surface area (Å²) in [5.74, 6) is 0. The van der Waals surface area contributed by atoms with Gasteiger partial charge in [-0.3, -0.25) is 0 Å². The van der Waals surface area contributed by atoms with E-state index in [-0.39, 0.29) is 18.1 Å². The average molecular weight is 332 g/mol. The van der Waals surface area contributed by atoms with Crippen LogP contribution in [0.4, 0.5) is 9.59 Å². The number of carbonyl (C=O) groups excluding carboxylic acids is 2. The Hall–Kier alpha value is -2.24. The number of aryl methyl sites for hydroxylation is 2. The Morgan fingerprint density at radius 2 is 2.04 bits per heavy atom. The topological polar surface area (TPSA) is 73.5 Å². The molecule has 6 nitrogen and oxygen atoms in total. The van der Waals surface area contributed by atoms with Gasteiger partial charge >= 0.3 is 12.1 Å². The van der Waals surface area contributed by atoms with Gasteiger partial charge in [-0.15, -0.1) is 0 Å². The molecule has 0 spiro atoms. The second-order valence-electron chi connectivity index (χ2n) is 6.35. The highest BCUT2D eigenvalue weighted by molar-refractivity contribution is 5.76. The molecule has 1 saturated heterocycles. The van der Waals surface area contributed by atoms with E-state index in [0.29, 0.717) is 26.2 Å². The standard InChI is InChI=1S/C18H28N4O2/c1-4-19-18(24)22-10-8-16(12-22)21-17(23)20-9-7-15-6-5-13(2)11-14(15)3/h5-6,11,16H,4,7-10,12H2,1-3H3,(H,19,24)(H2,20,21,23)/t16-/m0/s1. The fourth-order valence-corrected chi connectivity index (χ4v) is 3.00. The predicted molar refractivity (Wildman–Crippen MR) is 95.2 cm³/mol. The first-order chi connectivity index (χ1) is 11.5. The summed E-state index contributed by atoms with van der Waals surface area (Å²) in [6.45, 7) is 8.53. The summed E-state index contributed by atoms with van der Waals surface area (Å²) in [4.78, 5) is 25.5. The highest BCUT2D eigenvalue weighted by Crippen LogP contribution is 2.11. The number of hydrogen-bond donors (Lipinski definition) is 3. The Balaban J connectivity index is 1.69. The molecule has 0 aromatic heterocycles. The van der Waals surface area contributed by atoms with Crippen LogP contribution in [-0.4, -0.2) is 49.2 Å². The van der Waals surface area contributed by atoms with Crippen molar-refractivity contribution in [3.8, 4) is 0 Å². The highest BCUT2D eigenvalue weighted by Gasteiger charge is 2.26. The molecule has 0 bridgehead atoms. The molecule has 4 amide bonds. The first-order valence-electron chi connectivity index (χ1n) is 8.63. The van der Waals surface area contributed by atoms with E-state index < -0.39 is 0 Å². The zero-order valence-corrected chi connectivity index (χ0v) is 14.8. The number of amides is 4. The normalized spacial score (nSPS) is 16.8. The summed E-state index contributed by atoms with van der Waals surface area (Å²) >= 11 is 0. The Bertz CT molecular complexity index is 588. The summed E-state index contributed by atoms with van der Waals surface area (Å²) < 4.78 is 0. The number of carbonyl (C=O) groups is 2. The third-order valence-electron chi connectivity index (χ3n) is 4.32. The summed E-state index contributed by atoms with van der Waals surface area (Å²) in [6.07, 6.45) is 1.61. The first kappa shape index (κ1) is 18.1. The number of hydrogen-bond acceptors (Lipinski definition) is 2. The van der Waals surface area contributed by atoms with Crippen LogP contribution in [0.2, 0.25) is 0 Å². The van der Waals surface area contributed by atoms with Crippen molar-refractivity contribution >= 4 is 12.1 Å². The van der Waals surface area contributed by atoms with Crippen molar-refractivity contribution in [2.45, 2.75) is 39.7 Å². The average Bonchev–Trinajstić information content (AvgIpc) is 2.98. The molecular weight excluding hydrogens is 304 g/mol. The van der Waals surface area contributed by atoms with E-state index in [1.807, 2.05) is 6.92 Å². The lowest BCUT2D eigenvalue weighted by Gasteiger charge is -2.17. The summed E-state index contributed by atoms with van der Waals surface area (Å²) in [6, 6.07) is 6.17. The molecule has 132 valence electrons. The molecule has 0 saturated carbocycles. The Morgan fingerprint density at radius 3 is 2.75 bits per heavy atom. The van der Waals surface area contributed by atoms with Crippen LogP contribution in [0.25, 0.3) is 0 Å². The van der Waals surface area contributed by atoms with Crippen molar-refractivity contribution in [2.75, 3.05) is 26.2 Å². The third kappa shape index (κ3) is 5.15. The monoisotopic (exact) mass is 332 g/mol. The molecule has 1 aliphatic rings. The lowest BCUT2D eigenvalue weighted by Crippen LogP contribution is -2.45. The smallest absolute Gasteiger partial charge is 0.317 e. The second kappa shape index (κ2) is 8.57. The van der Waals surface area contributed by atoms with Gasteiger partial charge in [0.25, 0.3) is 0 Å². The van der Waals surface area contributed by atoms with Crippen molar-refractivity contribution in [1.29, 1.82) is 0 Å². The van der Waals surface area contributed by atoms with Crippen molar-refractivity contribution in [2.24, 2.45) is 0 Å². The lowest BCUT2D eigenvalue weighted by atomic mass is 10.0. The molecule has 1 aromatic rings. The lowest BCUT2D eigenvalue weighted by molar-refractivity contribution is 0.207. The van der Waals surface area contributed by atoms with Crippen LogP contribution in [0.15, 0.2) is 18.2 Å². The van der Waals surface area contributed by atoms with Crippen molar-refractivity contribution in [1.82, 2.24) is 20.9 Å². The minimum Gasteiger partial charge on any atom is -0.338 e. The maximum absolute atomic E-state index is 12.0. The van der Waals surface area contributed by atoms with Gasteiger partial charge in [-0.05, 0) is 44.7 Å². The molecule has 0 unspecified atom stereocenters. The molecule has 0 radical (unpaired) electrons. The molecule has 3 N–H and O–H groups in total. The highest BCUT2D eigenvalue weighted by atomic mass is 16.2. The van der Waals surface area contributed by atoms with Gasteiger partial charge in [0.05, 0.1) is 0 Å². The van der Waals surface area contributed by atoms with Crippen LogP contribution in [0.1, 0.15) is 30.0 Å². The summed E-state index contributed by atoms with van der Waals surface area (Å²) in [7, 11) is 0. The van der Waals surface area contributed by atoms with E-state index >= 15 is 0 Å². The van der Waals surface area contributed by atoms with Gasteiger partial charge in [0.15, 0.2) is 0 Å². The van der Waals surface area contributed by atoms with Crippen molar-refractivity contribution < 1.29 is 9.59 Å². The van der Waals surface area contributed by atoms with Crippen molar-refractivity contribution in [3.05, 3.63) is 34.9 Å². The van der Waals surface area contributed by atoms with E-state index in [2.05, 4.69) is 48.0 Å². The minimum atomic E-state index is -0.164. The van der Waals surface area contributed by atoms with Gasteiger partial charge < -0.3 is 20.9 Å². The SMILES string of the molecule is CCNC(=O)N1CC[C@H](NC(=O)NCCc2ccc(C)cc2C)C1. The number of likely N-dealkylation sites (tertiary alicyclic amines) is 1. The molecular formula is C18H28N4O2. The zero-order valence-electron chi connectivity index (χ0n) is 14.8. The fourth-order valence-electron chi connectivity index (χ4n) is 3.00.